The van der Waals surface area contributed by atoms with Crippen molar-refractivity contribution in [3.05, 3.63) is 16.1 Å². The van der Waals surface area contributed by atoms with Gasteiger partial charge in [0.15, 0.2) is 0 Å². The van der Waals surface area contributed by atoms with E-state index in [0.717, 1.165) is 11.4 Å². The molecule has 0 saturated carbocycles. The SMILES string of the molecule is CCC(C)C(O)CNC(C)c1cnc(C)s1. The Morgan fingerprint density at radius 2 is 2.19 bits per heavy atom. The van der Waals surface area contributed by atoms with Gasteiger partial charge in [-0.15, -0.1) is 11.3 Å². The number of aliphatic hydroxyl groups is 1. The van der Waals surface area contributed by atoms with E-state index in [4.69, 9.17) is 0 Å². The second-order valence-corrected chi connectivity index (χ2v) is 5.63. The largest absolute Gasteiger partial charge is 0.392 e. The molecule has 0 amide bonds. The second-order valence-electron chi connectivity index (χ2n) is 4.36. The van der Waals surface area contributed by atoms with Gasteiger partial charge in [-0.3, -0.25) is 0 Å². The molecular formula is C12H22N2OS. The predicted molar refractivity (Wildman–Crippen MR) is 68.7 cm³/mol. The number of hydrogen-bond donors (Lipinski definition) is 2. The summed E-state index contributed by atoms with van der Waals surface area (Å²) in [5.41, 5.74) is 0. The lowest BCUT2D eigenvalue weighted by Gasteiger charge is -2.20. The van der Waals surface area contributed by atoms with E-state index in [9.17, 15) is 5.11 Å². The lowest BCUT2D eigenvalue weighted by atomic mass is 10.0. The number of aryl methyl sites for hydroxylation is 1. The lowest BCUT2D eigenvalue weighted by molar-refractivity contribution is 0.110. The summed E-state index contributed by atoms with van der Waals surface area (Å²) in [6.45, 7) is 8.94. The summed E-state index contributed by atoms with van der Waals surface area (Å²) in [7, 11) is 0. The molecule has 3 nitrogen and oxygen atoms in total. The standard InChI is InChI=1S/C12H22N2OS/c1-5-8(2)11(15)6-13-9(3)12-7-14-10(4)16-12/h7-9,11,13,15H,5-6H2,1-4H3. The number of rotatable bonds is 6. The molecule has 0 radical (unpaired) electrons. The highest BCUT2D eigenvalue weighted by molar-refractivity contribution is 7.11. The highest BCUT2D eigenvalue weighted by atomic mass is 32.1. The number of hydrogen-bond acceptors (Lipinski definition) is 4. The predicted octanol–water partition coefficient (Wildman–Crippen LogP) is 2.51. The zero-order valence-corrected chi connectivity index (χ0v) is 11.3. The van der Waals surface area contributed by atoms with Gasteiger partial charge in [0.1, 0.15) is 0 Å². The van der Waals surface area contributed by atoms with Gasteiger partial charge < -0.3 is 10.4 Å². The van der Waals surface area contributed by atoms with Gasteiger partial charge in [-0.25, -0.2) is 4.98 Å². The van der Waals surface area contributed by atoms with Crippen molar-refractivity contribution in [2.24, 2.45) is 5.92 Å². The quantitative estimate of drug-likeness (QED) is 0.805. The third-order valence-corrected chi connectivity index (χ3v) is 4.10. The summed E-state index contributed by atoms with van der Waals surface area (Å²) in [6.07, 6.45) is 2.66. The maximum absolute atomic E-state index is 9.84. The fraction of sp³-hybridized carbons (Fsp3) is 0.750. The Hall–Kier alpha value is -0.450. The van der Waals surface area contributed by atoms with E-state index in [1.54, 1.807) is 11.3 Å². The van der Waals surface area contributed by atoms with Gasteiger partial charge in [-0.2, -0.15) is 0 Å². The molecule has 0 aliphatic heterocycles. The summed E-state index contributed by atoms with van der Waals surface area (Å²) in [4.78, 5) is 5.46. The molecule has 0 fully saturated rings. The average Bonchev–Trinajstić information content (AvgIpc) is 2.71. The normalized spacial score (nSPS) is 17.1. The van der Waals surface area contributed by atoms with Crippen LogP contribution in [0.3, 0.4) is 0 Å². The van der Waals surface area contributed by atoms with Crippen molar-refractivity contribution in [1.29, 1.82) is 0 Å². The lowest BCUT2D eigenvalue weighted by Crippen LogP contribution is -2.32. The van der Waals surface area contributed by atoms with Crippen LogP contribution in [0.15, 0.2) is 6.20 Å². The maximum atomic E-state index is 9.84. The number of aromatic nitrogens is 1. The van der Waals surface area contributed by atoms with Crippen molar-refractivity contribution >= 4 is 11.3 Å². The zero-order chi connectivity index (χ0) is 12.1. The van der Waals surface area contributed by atoms with Crippen LogP contribution in [0.5, 0.6) is 0 Å². The minimum atomic E-state index is -0.263. The molecule has 92 valence electrons. The van der Waals surface area contributed by atoms with E-state index < -0.39 is 0 Å². The van der Waals surface area contributed by atoms with Crippen molar-refractivity contribution in [3.63, 3.8) is 0 Å². The number of nitrogens with zero attached hydrogens (tertiary/aromatic N) is 1. The summed E-state index contributed by atoms with van der Waals surface area (Å²) < 4.78 is 0. The maximum Gasteiger partial charge on any atom is 0.0897 e. The van der Waals surface area contributed by atoms with Gasteiger partial charge in [-0.05, 0) is 19.8 Å². The molecule has 0 saturated heterocycles. The Morgan fingerprint density at radius 1 is 1.50 bits per heavy atom. The number of aliphatic hydroxyl groups excluding tert-OH is 1. The fourth-order valence-corrected chi connectivity index (χ4v) is 2.26. The van der Waals surface area contributed by atoms with Gasteiger partial charge in [-0.1, -0.05) is 20.3 Å². The number of thiazole rings is 1. The summed E-state index contributed by atoms with van der Waals surface area (Å²) >= 11 is 1.71. The van der Waals surface area contributed by atoms with Crippen LogP contribution < -0.4 is 5.32 Å². The average molecular weight is 242 g/mol. The van der Waals surface area contributed by atoms with E-state index >= 15 is 0 Å². The Bertz CT molecular complexity index is 314. The molecule has 1 aromatic heterocycles. The molecule has 0 spiro atoms. The van der Waals surface area contributed by atoms with E-state index in [0.29, 0.717) is 12.5 Å². The second kappa shape index (κ2) is 6.33. The molecule has 1 heterocycles. The molecule has 0 aromatic carbocycles. The molecule has 3 unspecified atom stereocenters. The first-order chi connectivity index (χ1) is 7.54. The molecule has 16 heavy (non-hydrogen) atoms. The summed E-state index contributed by atoms with van der Waals surface area (Å²) in [5.74, 6) is 0.350. The van der Waals surface area contributed by atoms with E-state index in [2.05, 4.69) is 31.1 Å². The van der Waals surface area contributed by atoms with E-state index in [-0.39, 0.29) is 12.1 Å². The highest BCUT2D eigenvalue weighted by Crippen LogP contribution is 2.20. The Labute approximate surface area is 102 Å². The highest BCUT2D eigenvalue weighted by Gasteiger charge is 2.14. The van der Waals surface area contributed by atoms with Gasteiger partial charge in [0.05, 0.1) is 11.1 Å². The molecule has 4 heteroatoms. The molecule has 1 aromatic rings. The fourth-order valence-electron chi connectivity index (χ4n) is 1.45. The minimum Gasteiger partial charge on any atom is -0.392 e. The van der Waals surface area contributed by atoms with Crippen molar-refractivity contribution in [2.75, 3.05) is 6.54 Å². The molecule has 0 aliphatic rings. The Balaban J connectivity index is 2.38. The van der Waals surface area contributed by atoms with Crippen LogP contribution in [-0.2, 0) is 0 Å². The topological polar surface area (TPSA) is 45.1 Å². The number of nitrogens with one attached hydrogen (secondary N) is 1. The van der Waals surface area contributed by atoms with Crippen LogP contribution >= 0.6 is 11.3 Å². The van der Waals surface area contributed by atoms with Crippen molar-refractivity contribution in [3.8, 4) is 0 Å². The summed E-state index contributed by atoms with van der Waals surface area (Å²) in [6, 6.07) is 0.268. The third kappa shape index (κ3) is 3.85. The molecular weight excluding hydrogens is 220 g/mol. The first-order valence-electron chi connectivity index (χ1n) is 5.88. The molecule has 0 bridgehead atoms. The van der Waals surface area contributed by atoms with Crippen molar-refractivity contribution in [1.82, 2.24) is 10.3 Å². The van der Waals surface area contributed by atoms with Crippen LogP contribution in [0.4, 0.5) is 0 Å². The van der Waals surface area contributed by atoms with Crippen LogP contribution in [0.25, 0.3) is 0 Å². The van der Waals surface area contributed by atoms with E-state index in [1.165, 1.54) is 4.88 Å². The first kappa shape index (κ1) is 13.6. The van der Waals surface area contributed by atoms with Gasteiger partial charge >= 0.3 is 0 Å². The van der Waals surface area contributed by atoms with Crippen LogP contribution in [-0.4, -0.2) is 22.7 Å². The summed E-state index contributed by atoms with van der Waals surface area (Å²) in [5, 5.41) is 14.3. The van der Waals surface area contributed by atoms with Gasteiger partial charge in [0, 0.05) is 23.7 Å². The molecule has 3 atom stereocenters. The monoisotopic (exact) mass is 242 g/mol. The van der Waals surface area contributed by atoms with Crippen molar-refractivity contribution in [2.45, 2.75) is 46.3 Å². The molecule has 1 rings (SSSR count). The van der Waals surface area contributed by atoms with Crippen LogP contribution in [0, 0.1) is 12.8 Å². The Morgan fingerprint density at radius 3 is 2.69 bits per heavy atom. The van der Waals surface area contributed by atoms with Crippen molar-refractivity contribution < 1.29 is 5.11 Å². The zero-order valence-electron chi connectivity index (χ0n) is 10.5. The van der Waals surface area contributed by atoms with E-state index in [1.807, 2.05) is 13.1 Å². The van der Waals surface area contributed by atoms with Gasteiger partial charge in [0.2, 0.25) is 0 Å². The van der Waals surface area contributed by atoms with Gasteiger partial charge in [0.25, 0.3) is 0 Å². The first-order valence-corrected chi connectivity index (χ1v) is 6.70. The van der Waals surface area contributed by atoms with Crippen LogP contribution in [0.1, 0.15) is 43.1 Å². The Kier molecular flexibility index (Phi) is 5.38. The minimum absolute atomic E-state index is 0.263. The van der Waals surface area contributed by atoms with Crippen LogP contribution in [0.2, 0.25) is 0 Å². The smallest absolute Gasteiger partial charge is 0.0897 e. The third-order valence-electron chi connectivity index (χ3n) is 3.00. The molecule has 0 aliphatic carbocycles. The molecule has 2 N–H and O–H groups in total.